The van der Waals surface area contributed by atoms with Crippen molar-refractivity contribution in [2.24, 2.45) is 5.92 Å². The predicted molar refractivity (Wildman–Crippen MR) is 86.9 cm³/mol. The molecule has 5 nitrogen and oxygen atoms in total. The molecular formula is C18H24N2O3. The van der Waals surface area contributed by atoms with Crippen LogP contribution in [0.4, 0.5) is 0 Å². The maximum absolute atomic E-state index is 12.7. The second-order valence-corrected chi connectivity index (χ2v) is 6.51. The fourth-order valence-electron chi connectivity index (χ4n) is 3.47. The quantitative estimate of drug-likeness (QED) is 0.900. The molecule has 2 heterocycles. The van der Waals surface area contributed by atoms with Crippen LogP contribution in [0.3, 0.4) is 0 Å². The average molecular weight is 316 g/mol. The fraction of sp³-hybridized carbons (Fsp3) is 0.556. The van der Waals surface area contributed by atoms with Crippen molar-refractivity contribution in [2.75, 3.05) is 26.2 Å². The summed E-state index contributed by atoms with van der Waals surface area (Å²) in [6, 6.07) is 9.25. The Morgan fingerprint density at radius 2 is 1.65 bits per heavy atom. The molecule has 0 saturated carbocycles. The first-order chi connectivity index (χ1) is 11.1. The van der Waals surface area contributed by atoms with Gasteiger partial charge in [-0.05, 0) is 37.8 Å². The molecule has 124 valence electrons. The molecule has 1 atom stereocenters. The van der Waals surface area contributed by atoms with E-state index in [1.807, 2.05) is 35.2 Å². The molecule has 1 aromatic rings. The van der Waals surface area contributed by atoms with Crippen LogP contribution < -0.4 is 0 Å². The minimum Gasteiger partial charge on any atom is -0.393 e. The van der Waals surface area contributed by atoms with Crippen LogP contribution in [-0.4, -0.2) is 59.0 Å². The largest absolute Gasteiger partial charge is 0.393 e. The van der Waals surface area contributed by atoms with E-state index in [-0.39, 0.29) is 23.8 Å². The highest BCUT2D eigenvalue weighted by Gasteiger charge is 2.32. The molecule has 0 aliphatic carbocycles. The molecule has 0 radical (unpaired) electrons. The maximum Gasteiger partial charge on any atom is 0.253 e. The molecule has 2 aliphatic heterocycles. The van der Waals surface area contributed by atoms with Crippen LogP contribution in [-0.2, 0) is 4.79 Å². The zero-order valence-electron chi connectivity index (χ0n) is 13.4. The Labute approximate surface area is 136 Å². The van der Waals surface area contributed by atoms with Crippen molar-refractivity contribution in [1.29, 1.82) is 0 Å². The van der Waals surface area contributed by atoms with E-state index in [9.17, 15) is 14.7 Å². The smallest absolute Gasteiger partial charge is 0.253 e. The summed E-state index contributed by atoms with van der Waals surface area (Å²) >= 11 is 0. The van der Waals surface area contributed by atoms with Gasteiger partial charge < -0.3 is 14.9 Å². The minimum atomic E-state index is -0.276. The average Bonchev–Trinajstić information content (AvgIpc) is 2.62. The van der Waals surface area contributed by atoms with Gasteiger partial charge in [0.25, 0.3) is 5.91 Å². The highest BCUT2D eigenvalue weighted by Crippen LogP contribution is 2.22. The Morgan fingerprint density at radius 1 is 0.957 bits per heavy atom. The van der Waals surface area contributed by atoms with Crippen molar-refractivity contribution in [3.8, 4) is 0 Å². The van der Waals surface area contributed by atoms with Gasteiger partial charge in [-0.3, -0.25) is 9.59 Å². The zero-order valence-corrected chi connectivity index (χ0v) is 13.4. The first-order valence-electron chi connectivity index (χ1n) is 8.46. The van der Waals surface area contributed by atoms with E-state index in [1.54, 1.807) is 4.90 Å². The van der Waals surface area contributed by atoms with Crippen LogP contribution in [0.2, 0.25) is 0 Å². The molecule has 1 unspecified atom stereocenters. The number of nitrogens with zero attached hydrogens (tertiary/aromatic N) is 2. The van der Waals surface area contributed by atoms with Gasteiger partial charge in [-0.25, -0.2) is 0 Å². The monoisotopic (exact) mass is 316 g/mol. The van der Waals surface area contributed by atoms with Crippen LogP contribution in [0.5, 0.6) is 0 Å². The fourth-order valence-corrected chi connectivity index (χ4v) is 3.47. The summed E-state index contributed by atoms with van der Waals surface area (Å²) in [6.07, 6.45) is 2.75. The summed E-state index contributed by atoms with van der Waals surface area (Å²) < 4.78 is 0. The van der Waals surface area contributed by atoms with Crippen LogP contribution in [0.15, 0.2) is 30.3 Å². The lowest BCUT2D eigenvalue weighted by atomic mass is 9.94. The molecule has 0 aromatic heterocycles. The van der Waals surface area contributed by atoms with Crippen molar-refractivity contribution in [3.05, 3.63) is 35.9 Å². The zero-order chi connectivity index (χ0) is 16.2. The number of rotatable bonds is 2. The van der Waals surface area contributed by atoms with Gasteiger partial charge in [0, 0.05) is 31.7 Å². The Kier molecular flexibility index (Phi) is 4.96. The minimum absolute atomic E-state index is 0.0113. The van der Waals surface area contributed by atoms with E-state index in [1.165, 1.54) is 0 Å². The topological polar surface area (TPSA) is 60.9 Å². The number of hydrogen-bond acceptors (Lipinski definition) is 3. The van der Waals surface area contributed by atoms with Gasteiger partial charge in [-0.1, -0.05) is 18.2 Å². The summed E-state index contributed by atoms with van der Waals surface area (Å²) in [4.78, 5) is 28.9. The lowest BCUT2D eigenvalue weighted by Crippen LogP contribution is -2.49. The number of likely N-dealkylation sites (tertiary alicyclic amines) is 2. The van der Waals surface area contributed by atoms with Crippen LogP contribution in [0.1, 0.15) is 36.0 Å². The predicted octanol–water partition coefficient (Wildman–Crippen LogP) is 1.52. The highest BCUT2D eigenvalue weighted by atomic mass is 16.3. The van der Waals surface area contributed by atoms with E-state index in [2.05, 4.69) is 0 Å². The molecule has 2 aliphatic rings. The van der Waals surface area contributed by atoms with Gasteiger partial charge in [-0.2, -0.15) is 0 Å². The lowest BCUT2D eigenvalue weighted by Gasteiger charge is -2.37. The molecular weight excluding hydrogens is 292 g/mol. The van der Waals surface area contributed by atoms with Crippen molar-refractivity contribution >= 4 is 11.8 Å². The molecule has 1 aromatic carbocycles. The van der Waals surface area contributed by atoms with E-state index in [0.29, 0.717) is 38.0 Å². The molecule has 3 rings (SSSR count). The van der Waals surface area contributed by atoms with Crippen LogP contribution in [0, 0.1) is 5.92 Å². The Hall–Kier alpha value is -1.88. The van der Waals surface area contributed by atoms with Gasteiger partial charge in [0.15, 0.2) is 0 Å². The maximum atomic E-state index is 12.7. The summed E-state index contributed by atoms with van der Waals surface area (Å²) in [5.74, 6) is 0.0475. The Bertz CT molecular complexity index is 553. The van der Waals surface area contributed by atoms with E-state index in [0.717, 1.165) is 19.4 Å². The SMILES string of the molecule is O=C(c1ccccc1)N1CCCC(C(=O)N2CCC(O)CC2)C1. The Balaban J connectivity index is 1.62. The number of carbonyl (C=O) groups excluding carboxylic acids is 2. The van der Waals surface area contributed by atoms with Gasteiger partial charge in [-0.15, -0.1) is 0 Å². The molecule has 2 saturated heterocycles. The molecule has 0 spiro atoms. The number of benzene rings is 1. The molecule has 0 bridgehead atoms. The Morgan fingerprint density at radius 3 is 2.35 bits per heavy atom. The van der Waals surface area contributed by atoms with E-state index >= 15 is 0 Å². The van der Waals surface area contributed by atoms with Crippen LogP contribution in [0.25, 0.3) is 0 Å². The van der Waals surface area contributed by atoms with Gasteiger partial charge in [0.2, 0.25) is 5.91 Å². The number of hydrogen-bond donors (Lipinski definition) is 1. The van der Waals surface area contributed by atoms with Crippen molar-refractivity contribution in [1.82, 2.24) is 9.80 Å². The van der Waals surface area contributed by atoms with Gasteiger partial charge in [0.1, 0.15) is 0 Å². The standard InChI is InChI=1S/C18H24N2O3/c21-16-8-11-19(12-9-16)18(23)15-7-4-10-20(13-15)17(22)14-5-2-1-3-6-14/h1-3,5-6,15-16,21H,4,7-13H2. The summed E-state index contributed by atoms with van der Waals surface area (Å²) in [6.45, 7) is 2.48. The van der Waals surface area contributed by atoms with E-state index in [4.69, 9.17) is 0 Å². The molecule has 1 N–H and O–H groups in total. The second kappa shape index (κ2) is 7.13. The van der Waals surface area contributed by atoms with Crippen molar-refractivity contribution in [3.63, 3.8) is 0 Å². The normalized spacial score (nSPS) is 22.9. The second-order valence-electron chi connectivity index (χ2n) is 6.51. The third-order valence-corrected chi connectivity index (χ3v) is 4.85. The van der Waals surface area contributed by atoms with Crippen molar-refractivity contribution < 1.29 is 14.7 Å². The highest BCUT2D eigenvalue weighted by molar-refractivity contribution is 5.94. The number of carbonyl (C=O) groups is 2. The number of aliphatic hydroxyl groups is 1. The van der Waals surface area contributed by atoms with Crippen LogP contribution >= 0.6 is 0 Å². The third-order valence-electron chi connectivity index (χ3n) is 4.85. The summed E-state index contributed by atoms with van der Waals surface area (Å²) in [5.41, 5.74) is 0.682. The van der Waals surface area contributed by atoms with Gasteiger partial charge in [0.05, 0.1) is 12.0 Å². The first-order valence-corrected chi connectivity index (χ1v) is 8.46. The first kappa shape index (κ1) is 16.0. The molecule has 2 fully saturated rings. The van der Waals surface area contributed by atoms with Crippen molar-refractivity contribution in [2.45, 2.75) is 31.8 Å². The molecule has 2 amide bonds. The lowest BCUT2D eigenvalue weighted by molar-refractivity contribution is -0.139. The summed E-state index contributed by atoms with van der Waals surface area (Å²) in [5, 5.41) is 9.57. The van der Waals surface area contributed by atoms with E-state index < -0.39 is 0 Å². The number of aliphatic hydroxyl groups excluding tert-OH is 1. The van der Waals surface area contributed by atoms with Gasteiger partial charge >= 0.3 is 0 Å². The third kappa shape index (κ3) is 3.72. The summed E-state index contributed by atoms with van der Waals surface area (Å²) in [7, 11) is 0. The number of amides is 2. The molecule has 5 heteroatoms. The number of piperidine rings is 2. The molecule has 23 heavy (non-hydrogen) atoms.